The molecule has 1 aromatic heterocycles. The maximum absolute atomic E-state index is 6.03. The molecule has 1 aliphatic heterocycles. The van der Waals surface area contributed by atoms with E-state index in [4.69, 9.17) is 5.73 Å². The number of nitrogens with one attached hydrogen (secondary N) is 1. The predicted molar refractivity (Wildman–Crippen MR) is 116 cm³/mol. The highest BCUT2D eigenvalue weighted by Gasteiger charge is 2.13. The normalized spacial score (nSPS) is 14.3. The van der Waals surface area contributed by atoms with Gasteiger partial charge in [0.05, 0.1) is 6.54 Å². The molecule has 5 nitrogen and oxygen atoms in total. The summed E-state index contributed by atoms with van der Waals surface area (Å²) in [5.74, 6) is 1.47. The van der Waals surface area contributed by atoms with Crippen molar-refractivity contribution in [2.75, 3.05) is 23.3 Å². The van der Waals surface area contributed by atoms with Gasteiger partial charge in [-0.3, -0.25) is 0 Å². The van der Waals surface area contributed by atoms with Crippen molar-refractivity contribution in [2.24, 2.45) is 10.7 Å². The van der Waals surface area contributed by atoms with Crippen LogP contribution < -0.4 is 16.0 Å². The maximum Gasteiger partial charge on any atom is 0.193 e. The number of anilines is 2. The predicted octanol–water partition coefficient (Wildman–Crippen LogP) is 3.84. The lowest BCUT2D eigenvalue weighted by Crippen LogP contribution is -2.22. The summed E-state index contributed by atoms with van der Waals surface area (Å²) >= 11 is 0. The van der Waals surface area contributed by atoms with Crippen LogP contribution in [0.1, 0.15) is 29.5 Å². The maximum atomic E-state index is 6.03. The monoisotopic (exact) mass is 451 g/mol. The average molecular weight is 451 g/mol. The fraction of sp³-hybridized carbons (Fsp3) is 0.368. The smallest absolute Gasteiger partial charge is 0.193 e. The second kappa shape index (κ2) is 9.03. The van der Waals surface area contributed by atoms with Gasteiger partial charge in [-0.2, -0.15) is 0 Å². The van der Waals surface area contributed by atoms with Crippen LogP contribution in [0, 0.1) is 13.8 Å². The van der Waals surface area contributed by atoms with E-state index in [0.29, 0.717) is 12.5 Å². The first-order valence-corrected chi connectivity index (χ1v) is 8.45. The van der Waals surface area contributed by atoms with Crippen molar-refractivity contribution in [3.05, 3.63) is 53.2 Å². The summed E-state index contributed by atoms with van der Waals surface area (Å²) in [6.07, 6.45) is 4.35. The standard InChI is InChI=1S/C19H25N5.HI/c1-14-9-15(2)11-17(10-14)23-19(20)22-13-16-5-6-21-18(12-16)24-7-3-4-8-24;/h5-6,9-12H,3-4,7-8,13H2,1-2H3,(H3,20,22,23);1H. The van der Waals surface area contributed by atoms with Crippen LogP contribution in [-0.4, -0.2) is 24.0 Å². The minimum atomic E-state index is 0. The van der Waals surface area contributed by atoms with Crippen molar-refractivity contribution in [2.45, 2.75) is 33.2 Å². The molecule has 1 saturated heterocycles. The van der Waals surface area contributed by atoms with Crippen LogP contribution in [0.3, 0.4) is 0 Å². The van der Waals surface area contributed by atoms with Crippen LogP contribution in [0.4, 0.5) is 11.5 Å². The van der Waals surface area contributed by atoms with Crippen LogP contribution in [0.2, 0.25) is 0 Å². The van der Waals surface area contributed by atoms with Gasteiger partial charge < -0.3 is 16.0 Å². The van der Waals surface area contributed by atoms with Gasteiger partial charge in [0, 0.05) is 25.0 Å². The first-order valence-electron chi connectivity index (χ1n) is 8.45. The Kier molecular flexibility index (Phi) is 7.04. The molecule has 25 heavy (non-hydrogen) atoms. The molecule has 0 spiro atoms. The molecule has 0 bridgehead atoms. The Morgan fingerprint density at radius 3 is 2.52 bits per heavy atom. The molecule has 0 saturated carbocycles. The van der Waals surface area contributed by atoms with E-state index in [-0.39, 0.29) is 24.0 Å². The van der Waals surface area contributed by atoms with Crippen LogP contribution >= 0.6 is 24.0 Å². The van der Waals surface area contributed by atoms with Gasteiger partial charge >= 0.3 is 0 Å². The first kappa shape index (κ1) is 19.5. The number of halogens is 1. The number of aromatic nitrogens is 1. The molecule has 0 unspecified atom stereocenters. The molecule has 1 aliphatic rings. The SMILES string of the molecule is Cc1cc(C)cc(NC(N)=NCc2ccnc(N3CCCC3)c2)c1.I. The van der Waals surface area contributed by atoms with Crippen LogP contribution in [0.5, 0.6) is 0 Å². The van der Waals surface area contributed by atoms with Crippen molar-refractivity contribution in [1.29, 1.82) is 0 Å². The molecule has 3 N–H and O–H groups in total. The van der Waals surface area contributed by atoms with Crippen molar-refractivity contribution in [3.63, 3.8) is 0 Å². The second-order valence-corrected chi connectivity index (χ2v) is 6.42. The number of hydrogen-bond donors (Lipinski definition) is 2. The van der Waals surface area contributed by atoms with E-state index in [2.05, 4.69) is 58.3 Å². The fourth-order valence-electron chi connectivity index (χ4n) is 3.09. The van der Waals surface area contributed by atoms with Crippen LogP contribution in [-0.2, 0) is 6.54 Å². The minimum absolute atomic E-state index is 0. The molecular weight excluding hydrogens is 425 g/mol. The third-order valence-electron chi connectivity index (χ3n) is 4.17. The van der Waals surface area contributed by atoms with E-state index in [9.17, 15) is 0 Å². The van der Waals surface area contributed by atoms with Gasteiger partial charge in [0.15, 0.2) is 5.96 Å². The second-order valence-electron chi connectivity index (χ2n) is 6.42. The molecule has 3 rings (SSSR count). The summed E-state index contributed by atoms with van der Waals surface area (Å²) in [7, 11) is 0. The van der Waals surface area contributed by atoms with Gasteiger partial charge in [0.2, 0.25) is 0 Å². The van der Waals surface area contributed by atoms with Crippen LogP contribution in [0.15, 0.2) is 41.5 Å². The van der Waals surface area contributed by atoms with E-state index in [1.807, 2.05) is 12.3 Å². The van der Waals surface area contributed by atoms with Gasteiger partial charge in [0.1, 0.15) is 5.82 Å². The Bertz CT molecular complexity index is 718. The Hall–Kier alpha value is -1.83. The Balaban J connectivity index is 0.00000225. The quantitative estimate of drug-likeness (QED) is 0.421. The molecule has 6 heteroatoms. The summed E-state index contributed by atoms with van der Waals surface area (Å²) in [6, 6.07) is 10.4. The minimum Gasteiger partial charge on any atom is -0.370 e. The van der Waals surface area contributed by atoms with Crippen molar-refractivity contribution < 1.29 is 0 Å². The number of pyridine rings is 1. The average Bonchev–Trinajstić information content (AvgIpc) is 3.07. The number of guanidine groups is 1. The molecule has 0 radical (unpaired) electrons. The highest BCUT2D eigenvalue weighted by molar-refractivity contribution is 14.0. The highest BCUT2D eigenvalue weighted by Crippen LogP contribution is 2.19. The number of nitrogens with zero attached hydrogens (tertiary/aromatic N) is 3. The molecule has 134 valence electrons. The van der Waals surface area contributed by atoms with Gasteiger partial charge in [-0.25, -0.2) is 9.98 Å². The molecule has 0 atom stereocenters. The van der Waals surface area contributed by atoms with Gasteiger partial charge in [-0.1, -0.05) is 6.07 Å². The number of nitrogens with two attached hydrogens (primary N) is 1. The topological polar surface area (TPSA) is 66.5 Å². The number of rotatable bonds is 4. The Morgan fingerprint density at radius 1 is 1.16 bits per heavy atom. The summed E-state index contributed by atoms with van der Waals surface area (Å²) in [5.41, 5.74) is 10.5. The molecule has 1 aromatic carbocycles. The van der Waals surface area contributed by atoms with E-state index in [1.165, 1.54) is 24.0 Å². The lowest BCUT2D eigenvalue weighted by Gasteiger charge is -2.16. The summed E-state index contributed by atoms with van der Waals surface area (Å²) in [5, 5.41) is 3.17. The zero-order valence-electron chi connectivity index (χ0n) is 14.8. The largest absolute Gasteiger partial charge is 0.370 e. The number of benzene rings is 1. The fourth-order valence-corrected chi connectivity index (χ4v) is 3.09. The zero-order valence-corrected chi connectivity index (χ0v) is 17.2. The Morgan fingerprint density at radius 2 is 1.84 bits per heavy atom. The van der Waals surface area contributed by atoms with Crippen molar-refractivity contribution >= 4 is 41.4 Å². The third kappa shape index (κ3) is 5.59. The number of aliphatic imine (C=N–C) groups is 1. The third-order valence-corrected chi connectivity index (χ3v) is 4.17. The van der Waals surface area contributed by atoms with Crippen molar-refractivity contribution in [3.8, 4) is 0 Å². The molecule has 2 heterocycles. The van der Waals surface area contributed by atoms with Gasteiger partial charge in [-0.05, 0) is 67.6 Å². The van der Waals surface area contributed by atoms with E-state index in [0.717, 1.165) is 30.2 Å². The van der Waals surface area contributed by atoms with E-state index < -0.39 is 0 Å². The van der Waals surface area contributed by atoms with E-state index in [1.54, 1.807) is 0 Å². The summed E-state index contributed by atoms with van der Waals surface area (Å²) < 4.78 is 0. The highest BCUT2D eigenvalue weighted by atomic mass is 127. The summed E-state index contributed by atoms with van der Waals surface area (Å²) in [6.45, 7) is 6.88. The lowest BCUT2D eigenvalue weighted by atomic mass is 10.1. The van der Waals surface area contributed by atoms with Crippen molar-refractivity contribution in [1.82, 2.24) is 4.98 Å². The Labute approximate surface area is 166 Å². The molecule has 2 aromatic rings. The number of aryl methyl sites for hydroxylation is 2. The lowest BCUT2D eigenvalue weighted by molar-refractivity contribution is 0.928. The van der Waals surface area contributed by atoms with Gasteiger partial charge in [-0.15, -0.1) is 24.0 Å². The summed E-state index contributed by atoms with van der Waals surface area (Å²) in [4.78, 5) is 11.2. The molecule has 1 fully saturated rings. The van der Waals surface area contributed by atoms with Crippen LogP contribution in [0.25, 0.3) is 0 Å². The first-order chi connectivity index (χ1) is 11.6. The zero-order chi connectivity index (χ0) is 16.9. The number of hydrogen-bond acceptors (Lipinski definition) is 3. The molecule has 0 amide bonds. The van der Waals surface area contributed by atoms with E-state index >= 15 is 0 Å². The van der Waals surface area contributed by atoms with Gasteiger partial charge in [0.25, 0.3) is 0 Å². The molecule has 0 aliphatic carbocycles. The molecular formula is C19H26IN5.